The second kappa shape index (κ2) is 8.88. The molecule has 1 heterocycles. The molecule has 0 aromatic heterocycles. The van der Waals surface area contributed by atoms with Gasteiger partial charge in [-0.3, -0.25) is 4.79 Å². The molecule has 1 aliphatic rings. The Balaban J connectivity index is 1.97. The Labute approximate surface area is 103 Å². The standard InChI is InChI=1S/C12H24N2OS/c1-2-3-4-10-16-11-5-12(15)14-8-6-13-7-9-14/h13H,2-11H2,1H3. The minimum Gasteiger partial charge on any atom is -0.340 e. The number of thioether (sulfide) groups is 1. The van der Waals surface area contributed by atoms with Crippen molar-refractivity contribution in [3.05, 3.63) is 0 Å². The molecule has 0 aromatic carbocycles. The van der Waals surface area contributed by atoms with Crippen LogP contribution in [0.15, 0.2) is 0 Å². The van der Waals surface area contributed by atoms with Crippen molar-refractivity contribution in [3.8, 4) is 0 Å². The summed E-state index contributed by atoms with van der Waals surface area (Å²) in [5.41, 5.74) is 0. The fourth-order valence-corrected chi connectivity index (χ4v) is 2.72. The van der Waals surface area contributed by atoms with Crippen molar-refractivity contribution < 1.29 is 4.79 Å². The van der Waals surface area contributed by atoms with Crippen molar-refractivity contribution in [1.29, 1.82) is 0 Å². The van der Waals surface area contributed by atoms with E-state index in [9.17, 15) is 4.79 Å². The first-order chi connectivity index (χ1) is 7.84. The molecule has 0 unspecified atom stereocenters. The summed E-state index contributed by atoms with van der Waals surface area (Å²) in [5, 5.41) is 3.26. The number of carbonyl (C=O) groups excluding carboxylic acids is 1. The summed E-state index contributed by atoms with van der Waals surface area (Å²) in [5.74, 6) is 2.54. The number of piperazine rings is 1. The van der Waals surface area contributed by atoms with Crippen molar-refractivity contribution in [2.75, 3.05) is 37.7 Å². The van der Waals surface area contributed by atoms with Crippen molar-refractivity contribution >= 4 is 17.7 Å². The summed E-state index contributed by atoms with van der Waals surface area (Å²) >= 11 is 1.92. The lowest BCUT2D eigenvalue weighted by molar-refractivity contribution is -0.131. The Bertz CT molecular complexity index is 193. The molecule has 1 fully saturated rings. The molecule has 1 aliphatic heterocycles. The highest BCUT2D eigenvalue weighted by atomic mass is 32.2. The lowest BCUT2D eigenvalue weighted by Crippen LogP contribution is -2.46. The SMILES string of the molecule is CCCCCSCCC(=O)N1CCNCC1. The van der Waals surface area contributed by atoms with Gasteiger partial charge < -0.3 is 10.2 Å². The van der Waals surface area contributed by atoms with E-state index in [0.717, 1.165) is 38.4 Å². The van der Waals surface area contributed by atoms with E-state index in [1.54, 1.807) is 0 Å². The Morgan fingerprint density at radius 3 is 2.69 bits per heavy atom. The van der Waals surface area contributed by atoms with Crippen LogP contribution in [0.3, 0.4) is 0 Å². The van der Waals surface area contributed by atoms with E-state index in [-0.39, 0.29) is 0 Å². The highest BCUT2D eigenvalue weighted by molar-refractivity contribution is 7.99. The Hall–Kier alpha value is -0.220. The maximum atomic E-state index is 11.8. The highest BCUT2D eigenvalue weighted by Gasteiger charge is 2.15. The van der Waals surface area contributed by atoms with Gasteiger partial charge in [-0.1, -0.05) is 19.8 Å². The van der Waals surface area contributed by atoms with Crippen LogP contribution in [0, 0.1) is 0 Å². The van der Waals surface area contributed by atoms with Crippen LogP contribution in [0.2, 0.25) is 0 Å². The second-order valence-electron chi connectivity index (χ2n) is 4.20. The molecule has 0 saturated carbocycles. The minimum absolute atomic E-state index is 0.337. The largest absolute Gasteiger partial charge is 0.340 e. The molecule has 16 heavy (non-hydrogen) atoms. The van der Waals surface area contributed by atoms with Crippen LogP contribution in [0.4, 0.5) is 0 Å². The zero-order chi connectivity index (χ0) is 11.6. The monoisotopic (exact) mass is 244 g/mol. The minimum atomic E-state index is 0.337. The van der Waals surface area contributed by atoms with Crippen molar-refractivity contribution in [1.82, 2.24) is 10.2 Å². The number of amides is 1. The highest BCUT2D eigenvalue weighted by Crippen LogP contribution is 2.09. The molecule has 1 amide bonds. The second-order valence-corrected chi connectivity index (χ2v) is 5.43. The number of nitrogens with one attached hydrogen (secondary N) is 1. The number of rotatable bonds is 7. The molecule has 1 rings (SSSR count). The number of hydrogen-bond acceptors (Lipinski definition) is 3. The van der Waals surface area contributed by atoms with Gasteiger partial charge in [0.15, 0.2) is 0 Å². The Morgan fingerprint density at radius 1 is 1.25 bits per heavy atom. The summed E-state index contributed by atoms with van der Waals surface area (Å²) in [6.07, 6.45) is 4.61. The Kier molecular flexibility index (Phi) is 7.68. The first-order valence-corrected chi connectivity index (χ1v) is 7.56. The van der Waals surface area contributed by atoms with Crippen molar-refractivity contribution in [2.45, 2.75) is 32.6 Å². The van der Waals surface area contributed by atoms with Gasteiger partial charge in [-0.15, -0.1) is 0 Å². The molecule has 0 aliphatic carbocycles. The van der Waals surface area contributed by atoms with E-state index in [1.807, 2.05) is 16.7 Å². The van der Waals surface area contributed by atoms with Gasteiger partial charge in [0.25, 0.3) is 0 Å². The van der Waals surface area contributed by atoms with Crippen LogP contribution in [-0.2, 0) is 4.79 Å². The molecule has 1 saturated heterocycles. The zero-order valence-corrected chi connectivity index (χ0v) is 11.2. The van der Waals surface area contributed by atoms with E-state index < -0.39 is 0 Å². The summed E-state index contributed by atoms with van der Waals surface area (Å²) in [7, 11) is 0. The maximum absolute atomic E-state index is 11.8. The molecule has 0 aromatic rings. The third-order valence-corrected chi connectivity index (χ3v) is 3.89. The fourth-order valence-electron chi connectivity index (χ4n) is 1.79. The molecule has 0 atom stereocenters. The van der Waals surface area contributed by atoms with Crippen molar-refractivity contribution in [2.24, 2.45) is 0 Å². The predicted octanol–water partition coefficient (Wildman–Crippen LogP) is 1.73. The van der Waals surface area contributed by atoms with Crippen molar-refractivity contribution in [3.63, 3.8) is 0 Å². The lowest BCUT2D eigenvalue weighted by atomic mass is 10.3. The number of nitrogens with zero attached hydrogens (tertiary/aromatic N) is 1. The number of hydrogen-bond donors (Lipinski definition) is 1. The van der Waals surface area contributed by atoms with Crippen LogP contribution in [0.1, 0.15) is 32.6 Å². The summed E-state index contributed by atoms with van der Waals surface area (Å²) in [4.78, 5) is 13.8. The average molecular weight is 244 g/mol. The van der Waals surface area contributed by atoms with Crippen LogP contribution in [0.5, 0.6) is 0 Å². The predicted molar refractivity (Wildman–Crippen MR) is 70.9 cm³/mol. The molecule has 3 nitrogen and oxygen atoms in total. The van der Waals surface area contributed by atoms with Gasteiger partial charge in [-0.25, -0.2) is 0 Å². The van der Waals surface area contributed by atoms with E-state index in [4.69, 9.17) is 0 Å². The van der Waals surface area contributed by atoms with Gasteiger partial charge in [0.2, 0.25) is 5.91 Å². The van der Waals surface area contributed by atoms with E-state index >= 15 is 0 Å². The van der Waals surface area contributed by atoms with E-state index in [2.05, 4.69) is 12.2 Å². The normalized spacial score (nSPS) is 16.4. The van der Waals surface area contributed by atoms with Gasteiger partial charge in [0.05, 0.1) is 0 Å². The Morgan fingerprint density at radius 2 is 2.00 bits per heavy atom. The van der Waals surface area contributed by atoms with E-state index in [0.29, 0.717) is 5.91 Å². The third-order valence-electron chi connectivity index (χ3n) is 2.82. The van der Waals surface area contributed by atoms with Gasteiger partial charge in [0.1, 0.15) is 0 Å². The first-order valence-electron chi connectivity index (χ1n) is 6.41. The first kappa shape index (κ1) is 13.8. The van der Waals surface area contributed by atoms with Gasteiger partial charge in [-0.2, -0.15) is 11.8 Å². The molecular formula is C12H24N2OS. The third kappa shape index (κ3) is 5.75. The van der Waals surface area contributed by atoms with Crippen LogP contribution in [0.25, 0.3) is 0 Å². The molecule has 94 valence electrons. The van der Waals surface area contributed by atoms with Gasteiger partial charge >= 0.3 is 0 Å². The van der Waals surface area contributed by atoms with Gasteiger partial charge in [-0.05, 0) is 12.2 Å². The molecular weight excluding hydrogens is 220 g/mol. The molecule has 0 bridgehead atoms. The average Bonchev–Trinajstić information content (AvgIpc) is 2.34. The van der Waals surface area contributed by atoms with E-state index in [1.165, 1.54) is 25.0 Å². The lowest BCUT2D eigenvalue weighted by Gasteiger charge is -2.27. The molecule has 0 radical (unpaired) electrons. The fraction of sp³-hybridized carbons (Fsp3) is 0.917. The number of unbranched alkanes of at least 4 members (excludes halogenated alkanes) is 2. The molecule has 1 N–H and O–H groups in total. The van der Waals surface area contributed by atoms with Gasteiger partial charge in [0, 0.05) is 38.4 Å². The quantitative estimate of drug-likeness (QED) is 0.692. The maximum Gasteiger partial charge on any atom is 0.223 e. The summed E-state index contributed by atoms with van der Waals surface area (Å²) in [6.45, 7) is 5.90. The number of carbonyl (C=O) groups is 1. The van der Waals surface area contributed by atoms with Crippen LogP contribution in [-0.4, -0.2) is 48.5 Å². The zero-order valence-electron chi connectivity index (χ0n) is 10.3. The summed E-state index contributed by atoms with van der Waals surface area (Å²) in [6, 6.07) is 0. The van der Waals surface area contributed by atoms with Crippen LogP contribution >= 0.6 is 11.8 Å². The molecule has 4 heteroatoms. The smallest absolute Gasteiger partial charge is 0.223 e. The topological polar surface area (TPSA) is 32.3 Å². The molecule has 0 spiro atoms. The van der Waals surface area contributed by atoms with Crippen LogP contribution < -0.4 is 5.32 Å². The summed E-state index contributed by atoms with van der Waals surface area (Å²) < 4.78 is 0.